The molecule has 0 bridgehead atoms. The lowest BCUT2D eigenvalue weighted by Crippen LogP contribution is -2.69. The summed E-state index contributed by atoms with van der Waals surface area (Å²) in [6.07, 6.45) is -12.4. The van der Waals surface area contributed by atoms with E-state index in [-0.39, 0.29) is 0 Å². The highest BCUT2D eigenvalue weighted by atomic mass is 16.7. The van der Waals surface area contributed by atoms with E-state index < -0.39 is 116 Å². The van der Waals surface area contributed by atoms with Crippen molar-refractivity contribution in [3.05, 3.63) is 10.4 Å². The summed E-state index contributed by atoms with van der Waals surface area (Å²) in [5.74, 6) is -5.69. The molecule has 256 valence electrons. The zero-order valence-electron chi connectivity index (χ0n) is 26.1. The number of carbonyl (C=O) groups excluding carboxylic acids is 7. The third-order valence-corrected chi connectivity index (χ3v) is 6.20. The number of ether oxygens (including phenoxy) is 9. The number of amides is 1. The van der Waals surface area contributed by atoms with Gasteiger partial charge in [0.1, 0.15) is 43.6 Å². The zero-order chi connectivity index (χ0) is 34.7. The van der Waals surface area contributed by atoms with Gasteiger partial charge in [-0.3, -0.25) is 33.6 Å². The van der Waals surface area contributed by atoms with Crippen molar-refractivity contribution in [2.75, 3.05) is 13.2 Å². The fourth-order valence-corrected chi connectivity index (χ4v) is 4.72. The molecular formula is C26H36N4O16. The first-order valence-electron chi connectivity index (χ1n) is 13.8. The second kappa shape index (κ2) is 17.2. The van der Waals surface area contributed by atoms with Gasteiger partial charge >= 0.3 is 35.8 Å². The number of rotatable bonds is 12. The molecule has 0 aromatic carbocycles. The van der Waals surface area contributed by atoms with E-state index in [2.05, 4.69) is 15.3 Å². The van der Waals surface area contributed by atoms with Crippen molar-refractivity contribution in [1.82, 2.24) is 5.32 Å². The lowest BCUT2D eigenvalue weighted by Gasteiger charge is -2.48. The van der Waals surface area contributed by atoms with Crippen LogP contribution in [0.4, 0.5) is 0 Å². The van der Waals surface area contributed by atoms with E-state index >= 15 is 0 Å². The molecule has 46 heavy (non-hydrogen) atoms. The molecule has 20 nitrogen and oxygen atoms in total. The summed E-state index contributed by atoms with van der Waals surface area (Å²) in [7, 11) is 0. The summed E-state index contributed by atoms with van der Waals surface area (Å²) < 4.78 is 49.5. The average Bonchev–Trinajstić information content (AvgIpc) is 2.91. The first kappa shape index (κ1) is 37.7. The molecule has 0 radical (unpaired) electrons. The van der Waals surface area contributed by atoms with Gasteiger partial charge in [-0.15, -0.1) is 0 Å². The number of nitrogens with zero attached hydrogens (tertiary/aromatic N) is 3. The summed E-state index contributed by atoms with van der Waals surface area (Å²) in [5.41, 5.74) is 9.39. The first-order chi connectivity index (χ1) is 21.5. The quantitative estimate of drug-likeness (QED) is 0.0908. The molecule has 0 spiro atoms. The molecule has 2 saturated heterocycles. The molecule has 0 saturated carbocycles. The standard InChI is InChI=1S/C26H36N4O16/c1-10(31)28-19-23(42-15(6)36)21(40-13(4)34)17(8-38-11(2)32)44-25(19)46-24-20(29-30-27)26(43-16(7)37)45-18(9-39-12(3)33)22(24)41-14(5)35/h17-26H,8-9H2,1-7H3,(H,28,31)/t17-,18-,19-,20-,21-,22+,23-,24-,25+,26+/m1/s1. The Balaban J connectivity index is 2.74. The average molecular weight is 661 g/mol. The highest BCUT2D eigenvalue weighted by Crippen LogP contribution is 2.34. The second-order valence-electron chi connectivity index (χ2n) is 10.0. The zero-order valence-corrected chi connectivity index (χ0v) is 26.1. The number of hydrogen-bond acceptors (Lipinski definition) is 17. The molecule has 0 aromatic rings. The van der Waals surface area contributed by atoms with Gasteiger partial charge in [-0.25, -0.2) is 0 Å². The molecular weight excluding hydrogens is 624 g/mol. The molecule has 2 heterocycles. The normalized spacial score (nSPS) is 30.3. The van der Waals surface area contributed by atoms with Crippen LogP contribution in [0.25, 0.3) is 10.4 Å². The Labute approximate surface area is 262 Å². The third-order valence-electron chi connectivity index (χ3n) is 6.20. The predicted octanol–water partition coefficient (Wildman–Crippen LogP) is -0.511. The third kappa shape index (κ3) is 11.1. The molecule has 2 aliphatic rings. The van der Waals surface area contributed by atoms with Crippen molar-refractivity contribution in [2.45, 2.75) is 110 Å². The van der Waals surface area contributed by atoms with Crippen LogP contribution in [0.3, 0.4) is 0 Å². The Bertz CT molecular complexity index is 1220. The predicted molar refractivity (Wildman–Crippen MR) is 144 cm³/mol. The van der Waals surface area contributed by atoms with Gasteiger partial charge < -0.3 is 47.9 Å². The molecule has 1 N–H and O–H groups in total. The smallest absolute Gasteiger partial charge is 0.304 e. The topological polar surface area (TPSA) is 263 Å². The number of carbonyl (C=O) groups is 7. The second-order valence-corrected chi connectivity index (χ2v) is 10.0. The number of nitrogens with one attached hydrogen (secondary N) is 1. The Kier molecular flexibility index (Phi) is 14.1. The van der Waals surface area contributed by atoms with E-state index in [0.717, 1.165) is 48.5 Å². The van der Waals surface area contributed by atoms with Crippen LogP contribution < -0.4 is 5.32 Å². The highest BCUT2D eigenvalue weighted by molar-refractivity contribution is 5.74. The van der Waals surface area contributed by atoms with Crippen LogP contribution in [0.2, 0.25) is 0 Å². The van der Waals surface area contributed by atoms with Gasteiger partial charge in [0.05, 0.1) is 0 Å². The van der Waals surface area contributed by atoms with E-state index in [9.17, 15) is 39.1 Å². The van der Waals surface area contributed by atoms with Crippen LogP contribution in [-0.4, -0.2) is 116 Å². The van der Waals surface area contributed by atoms with Gasteiger partial charge in [0.15, 0.2) is 24.6 Å². The maximum Gasteiger partial charge on any atom is 0.304 e. The molecule has 0 aromatic heterocycles. The summed E-state index contributed by atoms with van der Waals surface area (Å²) in [6.45, 7) is 6.33. The summed E-state index contributed by atoms with van der Waals surface area (Å²) in [5, 5.41) is 6.13. The molecule has 1 amide bonds. The van der Waals surface area contributed by atoms with E-state index in [1.807, 2.05) is 0 Å². The Hall–Kier alpha value is -4.52. The van der Waals surface area contributed by atoms with Crippen molar-refractivity contribution in [3.63, 3.8) is 0 Å². The maximum atomic E-state index is 12.4. The van der Waals surface area contributed by atoms with E-state index in [0.29, 0.717) is 0 Å². The van der Waals surface area contributed by atoms with Gasteiger partial charge in [0.25, 0.3) is 0 Å². The SMILES string of the molecule is CC(=O)N[C@H]1[C@H](O[C@@H]2[C@@H](N=[N+]=[N-])[C@@H](OC(C)=O)O[C@H](COC(C)=O)[C@@H]2OC(C)=O)O[C@H](COC(C)=O)[C@@H](OC(C)=O)[C@@H]1OC(C)=O. The molecule has 20 heteroatoms. The van der Waals surface area contributed by atoms with Crippen LogP contribution in [-0.2, 0) is 76.2 Å². The Morgan fingerprint density at radius 2 is 1.07 bits per heavy atom. The monoisotopic (exact) mass is 660 g/mol. The minimum absolute atomic E-state index is 0.561. The fourth-order valence-electron chi connectivity index (χ4n) is 4.72. The number of esters is 6. The van der Waals surface area contributed by atoms with Gasteiger partial charge in [0.2, 0.25) is 12.2 Å². The number of hydrogen-bond donors (Lipinski definition) is 1. The molecule has 2 fully saturated rings. The van der Waals surface area contributed by atoms with Crippen molar-refractivity contribution < 1.29 is 76.2 Å². The molecule has 2 rings (SSSR count). The molecule has 2 aliphatic heterocycles. The van der Waals surface area contributed by atoms with Gasteiger partial charge in [0, 0.05) is 53.4 Å². The summed E-state index contributed by atoms with van der Waals surface area (Å²) in [6, 6.07) is -3.09. The van der Waals surface area contributed by atoms with E-state index in [4.69, 9.17) is 42.6 Å². The Morgan fingerprint density at radius 1 is 0.630 bits per heavy atom. The van der Waals surface area contributed by atoms with Crippen LogP contribution in [0, 0.1) is 0 Å². The molecule has 0 aliphatic carbocycles. The summed E-state index contributed by atoms with van der Waals surface area (Å²) >= 11 is 0. The molecule has 10 atom stereocenters. The number of azide groups is 1. The van der Waals surface area contributed by atoms with Gasteiger partial charge in [-0.2, -0.15) is 0 Å². The van der Waals surface area contributed by atoms with Crippen LogP contribution in [0.1, 0.15) is 48.5 Å². The molecule has 0 unspecified atom stereocenters. The maximum absolute atomic E-state index is 12.4. The van der Waals surface area contributed by atoms with Gasteiger partial charge in [-0.1, -0.05) is 5.11 Å². The van der Waals surface area contributed by atoms with Crippen LogP contribution >= 0.6 is 0 Å². The minimum Gasteiger partial charge on any atom is -0.463 e. The summed E-state index contributed by atoms with van der Waals surface area (Å²) in [4.78, 5) is 86.8. The van der Waals surface area contributed by atoms with Crippen LogP contribution in [0.5, 0.6) is 0 Å². The van der Waals surface area contributed by atoms with Crippen molar-refractivity contribution in [1.29, 1.82) is 0 Å². The fraction of sp³-hybridized carbons (Fsp3) is 0.731. The van der Waals surface area contributed by atoms with Crippen molar-refractivity contribution in [3.8, 4) is 0 Å². The van der Waals surface area contributed by atoms with Gasteiger partial charge in [-0.05, 0) is 5.53 Å². The highest BCUT2D eigenvalue weighted by Gasteiger charge is 2.56. The Morgan fingerprint density at radius 3 is 1.48 bits per heavy atom. The minimum atomic E-state index is -1.73. The van der Waals surface area contributed by atoms with Crippen LogP contribution in [0.15, 0.2) is 5.11 Å². The largest absolute Gasteiger partial charge is 0.463 e. The first-order valence-corrected chi connectivity index (χ1v) is 13.8. The van der Waals surface area contributed by atoms with E-state index in [1.54, 1.807) is 0 Å². The van der Waals surface area contributed by atoms with E-state index in [1.165, 1.54) is 0 Å². The van der Waals surface area contributed by atoms with Crippen molar-refractivity contribution >= 4 is 41.7 Å². The lowest BCUT2D eigenvalue weighted by molar-refractivity contribution is -0.325. The van der Waals surface area contributed by atoms with Crippen molar-refractivity contribution in [2.24, 2.45) is 5.11 Å². The lowest BCUT2D eigenvalue weighted by atomic mass is 9.94.